The molecule has 1 aliphatic heterocycles. The fraction of sp³-hybridized carbons (Fsp3) is 0.117. The van der Waals surface area contributed by atoms with Crippen LogP contribution in [0, 0.1) is 0 Å². The summed E-state index contributed by atoms with van der Waals surface area (Å²) in [5.41, 5.74) is 11.0. The van der Waals surface area contributed by atoms with Gasteiger partial charge in [-0.25, -0.2) is 9.97 Å². The number of hydrogen-bond acceptors (Lipinski definition) is 10. The van der Waals surface area contributed by atoms with Crippen molar-refractivity contribution in [2.75, 3.05) is 40.0 Å². The molecule has 73 heavy (non-hydrogen) atoms. The Hall–Kier alpha value is -9.17. The van der Waals surface area contributed by atoms with Crippen LogP contribution in [0.5, 0.6) is 5.75 Å². The van der Waals surface area contributed by atoms with Crippen molar-refractivity contribution in [3.05, 3.63) is 208 Å². The minimum atomic E-state index is -0.530. The molecule has 6 aromatic heterocycles. The highest BCUT2D eigenvalue weighted by atomic mass is 16.5. The third-order valence-corrected chi connectivity index (χ3v) is 13.6. The Morgan fingerprint density at radius 2 is 1.19 bits per heavy atom. The molecule has 5 aromatic carbocycles. The summed E-state index contributed by atoms with van der Waals surface area (Å²) in [6.07, 6.45) is 3.65. The van der Waals surface area contributed by atoms with Crippen LogP contribution in [0.3, 0.4) is 0 Å². The zero-order valence-corrected chi connectivity index (χ0v) is 39.8. The maximum Gasteiger partial charge on any atom is 0.291 e. The Kier molecular flexibility index (Phi) is 11.8. The van der Waals surface area contributed by atoms with Gasteiger partial charge in [-0.05, 0) is 96.0 Å². The van der Waals surface area contributed by atoms with Crippen molar-refractivity contribution in [2.45, 2.75) is 6.54 Å². The molecule has 13 nitrogen and oxygen atoms in total. The molecule has 0 spiro atoms. The highest BCUT2D eigenvalue weighted by molar-refractivity contribution is 6.00. The highest BCUT2D eigenvalue weighted by Gasteiger charge is 2.20. The number of nitrogens with one attached hydrogen (secondary N) is 3. The zero-order chi connectivity index (χ0) is 49.4. The second kappa shape index (κ2) is 19.2. The van der Waals surface area contributed by atoms with E-state index in [0.717, 1.165) is 109 Å². The highest BCUT2D eigenvalue weighted by Crippen LogP contribution is 2.38. The third kappa shape index (κ3) is 9.22. The van der Waals surface area contributed by atoms with Crippen LogP contribution in [0.25, 0.3) is 99.8 Å². The van der Waals surface area contributed by atoms with Gasteiger partial charge < -0.3 is 24.9 Å². The number of nitrogens with zero attached hydrogens (tertiary/aromatic N) is 6. The number of likely N-dealkylation sites (N-methyl/N-ethyl adjacent to an activating group) is 1. The summed E-state index contributed by atoms with van der Waals surface area (Å²) in [6, 6.07) is 53.5. The summed E-state index contributed by atoms with van der Waals surface area (Å²) < 4.78 is 6.12. The molecule has 7 heterocycles. The zero-order valence-electron chi connectivity index (χ0n) is 39.8. The molecule has 11 aromatic rings. The van der Waals surface area contributed by atoms with Gasteiger partial charge in [0, 0.05) is 94.5 Å². The van der Waals surface area contributed by atoms with Crippen molar-refractivity contribution in [2.24, 2.45) is 0 Å². The first-order chi connectivity index (χ1) is 35.8. The first-order valence-electron chi connectivity index (χ1n) is 24.2. The van der Waals surface area contributed by atoms with Gasteiger partial charge >= 0.3 is 0 Å². The van der Waals surface area contributed by atoms with Crippen molar-refractivity contribution in [3.63, 3.8) is 0 Å². The summed E-state index contributed by atoms with van der Waals surface area (Å²) >= 11 is 0. The second-order valence-electron chi connectivity index (χ2n) is 18.5. The number of rotatable bonds is 11. The maximum atomic E-state index is 13.6. The van der Waals surface area contributed by atoms with Crippen molar-refractivity contribution in [1.29, 1.82) is 0 Å². The van der Waals surface area contributed by atoms with Crippen LogP contribution in [0.15, 0.2) is 186 Å². The van der Waals surface area contributed by atoms with E-state index in [9.17, 15) is 14.4 Å². The van der Waals surface area contributed by atoms with E-state index in [1.54, 1.807) is 18.3 Å². The normalized spacial score (nSPS) is 13.2. The van der Waals surface area contributed by atoms with Crippen LogP contribution >= 0.6 is 0 Å². The van der Waals surface area contributed by atoms with E-state index in [4.69, 9.17) is 19.7 Å². The number of aromatic amines is 2. The molecule has 1 amide bonds. The molecule has 0 bridgehead atoms. The Balaban J connectivity index is 0.918. The van der Waals surface area contributed by atoms with Crippen molar-refractivity contribution >= 4 is 49.8 Å². The molecule has 0 atom stereocenters. The summed E-state index contributed by atoms with van der Waals surface area (Å²) in [4.78, 5) is 70.4. The molecule has 1 saturated heterocycles. The van der Waals surface area contributed by atoms with Crippen LogP contribution in [-0.4, -0.2) is 85.6 Å². The number of pyridine rings is 6. The number of benzene rings is 5. The molecule has 3 N–H and O–H groups in total. The van der Waals surface area contributed by atoms with Crippen LogP contribution in [0.2, 0.25) is 0 Å². The van der Waals surface area contributed by atoms with Crippen LogP contribution < -0.4 is 21.2 Å². The second-order valence-corrected chi connectivity index (χ2v) is 18.5. The molecular weight excluding hydrogens is 911 g/mol. The van der Waals surface area contributed by atoms with Crippen molar-refractivity contribution in [3.8, 4) is 61.6 Å². The van der Waals surface area contributed by atoms with Gasteiger partial charge in [-0.15, -0.1) is 0 Å². The molecule has 1 aliphatic rings. The number of hydrogen-bond donors (Lipinski definition) is 3. The third-order valence-electron chi connectivity index (χ3n) is 13.6. The van der Waals surface area contributed by atoms with Gasteiger partial charge in [-0.1, -0.05) is 97.1 Å². The number of fused-ring (bicyclic) bond motifs is 4. The van der Waals surface area contributed by atoms with E-state index < -0.39 is 11.5 Å². The molecule has 0 aliphatic carbocycles. The monoisotopic (exact) mass is 957 g/mol. The summed E-state index contributed by atoms with van der Waals surface area (Å²) in [7, 11) is 2.11. The molecule has 12 rings (SSSR count). The van der Waals surface area contributed by atoms with Gasteiger partial charge in [0.15, 0.2) is 5.75 Å². The van der Waals surface area contributed by atoms with E-state index in [-0.39, 0.29) is 23.4 Å². The van der Waals surface area contributed by atoms with Gasteiger partial charge in [-0.3, -0.25) is 29.3 Å². The lowest BCUT2D eigenvalue weighted by molar-refractivity contribution is 0.0755. The van der Waals surface area contributed by atoms with Gasteiger partial charge in [0.2, 0.25) is 0 Å². The van der Waals surface area contributed by atoms with E-state index in [2.05, 4.69) is 73.5 Å². The lowest BCUT2D eigenvalue weighted by Crippen LogP contribution is -2.45. The lowest BCUT2D eigenvalue weighted by Gasteiger charge is -2.31. The molecule has 356 valence electrons. The van der Waals surface area contributed by atoms with E-state index in [1.165, 1.54) is 0 Å². The Bertz CT molecular complexity index is 4040. The number of aromatic nitrogens is 6. The predicted molar refractivity (Wildman–Crippen MR) is 288 cm³/mol. The Morgan fingerprint density at radius 3 is 1.95 bits per heavy atom. The first kappa shape index (κ1) is 45.0. The van der Waals surface area contributed by atoms with Crippen molar-refractivity contribution in [1.82, 2.24) is 45.0 Å². The fourth-order valence-corrected chi connectivity index (χ4v) is 9.56. The summed E-state index contributed by atoms with van der Waals surface area (Å²) in [5, 5.41) is 6.14. The average Bonchev–Trinajstić information content (AvgIpc) is 3.43. The Labute approximate surface area is 418 Å². The minimum absolute atomic E-state index is 0.000945. The van der Waals surface area contributed by atoms with E-state index in [1.807, 2.05) is 121 Å². The molecule has 0 radical (unpaired) electrons. The summed E-state index contributed by atoms with van der Waals surface area (Å²) in [5.74, 6) is -0.221. The van der Waals surface area contributed by atoms with E-state index >= 15 is 0 Å². The van der Waals surface area contributed by atoms with E-state index in [0.29, 0.717) is 29.1 Å². The topological polar surface area (TPSA) is 162 Å². The molecule has 13 heteroatoms. The largest absolute Gasteiger partial charge is 0.472 e. The predicted octanol–water partition coefficient (Wildman–Crippen LogP) is 10.1. The van der Waals surface area contributed by atoms with Gasteiger partial charge in [0.1, 0.15) is 23.6 Å². The van der Waals surface area contributed by atoms with Crippen molar-refractivity contribution < 1.29 is 9.53 Å². The average molecular weight is 958 g/mol. The molecule has 1 fully saturated rings. The number of carbonyl (C=O) groups is 1. The van der Waals surface area contributed by atoms with Gasteiger partial charge in [-0.2, -0.15) is 0 Å². The standard InChI is InChI=1S/C60H47N9O4/c1-68-22-24-69(25-23-68)36-73-53-33-46-31-48(54(38-12-6-3-7-13-38)64-57(46)67-60(53)72)41-18-20-52-44(28-41)29-47(35-62-52)39-14-8-15-43(26-39)55-49(40-17-19-51-42(27-40)16-9-21-61-51)30-45-32-50(59(71)66-56(45)65-55)58(70)63-34-37-10-4-2-5-11-37/h2-21,26-33,35H,22-25,34,36H2,1H3,(H,63,70)(H,64,67,72)(H,65,66,71). The number of ether oxygens (including phenoxy) is 1. The summed E-state index contributed by atoms with van der Waals surface area (Å²) in [6.45, 7) is 4.24. The SMILES string of the molecule is CN1CCN(COc2cc3cc(-c4ccc5ncc(-c6cccc(-c7nc8[nH]c(=O)c(C(=O)NCc9ccccc9)cc8cc7-c7ccc8ncccc8c7)c6)cc5c4)c(-c4ccccc4)nc3[nH]c2=O)CC1. The van der Waals surface area contributed by atoms with Gasteiger partial charge in [0.05, 0.1) is 22.4 Å². The minimum Gasteiger partial charge on any atom is -0.472 e. The number of carbonyl (C=O) groups excluding carboxylic acids is 1. The smallest absolute Gasteiger partial charge is 0.291 e. The van der Waals surface area contributed by atoms with Crippen LogP contribution in [0.1, 0.15) is 15.9 Å². The van der Waals surface area contributed by atoms with Crippen LogP contribution in [0.4, 0.5) is 0 Å². The van der Waals surface area contributed by atoms with Gasteiger partial charge in [0.25, 0.3) is 17.0 Å². The number of amides is 1. The lowest BCUT2D eigenvalue weighted by atomic mass is 9.94. The first-order valence-corrected chi connectivity index (χ1v) is 24.2. The number of piperazine rings is 1. The fourth-order valence-electron chi connectivity index (χ4n) is 9.56. The maximum absolute atomic E-state index is 13.6. The number of H-pyrrole nitrogens is 2. The molecule has 0 unspecified atom stereocenters. The molecular formula is C60H47N9O4. The molecule has 0 saturated carbocycles. The Morgan fingerprint density at radius 1 is 0.562 bits per heavy atom. The quantitative estimate of drug-likeness (QED) is 0.114. The van der Waals surface area contributed by atoms with Crippen LogP contribution in [-0.2, 0) is 6.54 Å².